The minimum absolute atomic E-state index is 0. The van der Waals surface area contributed by atoms with Crippen LogP contribution in [0.5, 0.6) is 0 Å². The summed E-state index contributed by atoms with van der Waals surface area (Å²) in [7, 11) is 0. The third-order valence-corrected chi connectivity index (χ3v) is 7.45. The molecule has 0 amide bonds. The molecule has 0 aromatic heterocycles. The number of benzene rings is 1. The van der Waals surface area contributed by atoms with E-state index in [2.05, 4.69) is 13.8 Å². The predicted molar refractivity (Wildman–Crippen MR) is 122 cm³/mol. The Morgan fingerprint density at radius 2 is 0.844 bits per heavy atom. The molecule has 0 saturated heterocycles. The highest BCUT2D eigenvalue weighted by molar-refractivity contribution is 5.42. The zero-order valence-corrected chi connectivity index (χ0v) is 20.3. The summed E-state index contributed by atoms with van der Waals surface area (Å²) in [5.74, 6) is 1.51. The van der Waals surface area contributed by atoms with Gasteiger partial charge in [-0.2, -0.15) is 0 Å². The van der Waals surface area contributed by atoms with Gasteiger partial charge >= 0.3 is 0 Å². The Bertz CT molecular complexity index is 628. The monoisotopic (exact) mass is 452 g/mol. The van der Waals surface area contributed by atoms with Gasteiger partial charge in [0.05, 0.1) is 0 Å². The van der Waals surface area contributed by atoms with Gasteiger partial charge in [0.15, 0.2) is 11.6 Å². The Morgan fingerprint density at radius 3 is 1.09 bits per heavy atom. The molecule has 1 aromatic rings. The molecule has 1 aromatic carbocycles. The third-order valence-electron chi connectivity index (χ3n) is 7.45. The van der Waals surface area contributed by atoms with E-state index in [0.717, 1.165) is 48.6 Å². The van der Waals surface area contributed by atoms with Crippen LogP contribution < -0.4 is 12.3 Å². The van der Waals surface area contributed by atoms with Gasteiger partial charge in [0.25, 0.3) is 0 Å². The molecule has 0 radical (unpaired) electrons. The molecular weight excluding hydrogens is 410 g/mol. The van der Waals surface area contributed by atoms with Crippen LogP contribution in [0.1, 0.15) is 87.5 Å². The van der Waals surface area contributed by atoms with Gasteiger partial charge in [-0.1, -0.05) is 39.5 Å². The Morgan fingerprint density at radius 1 is 0.594 bits per heavy atom. The third kappa shape index (κ3) is 8.07. The summed E-state index contributed by atoms with van der Waals surface area (Å²) in [5, 5.41) is 24.0. The molecule has 3 rings (SSSR count). The van der Waals surface area contributed by atoms with E-state index in [1.54, 1.807) is 0 Å². The maximum Gasteiger partial charge on any atom is 0.162 e. The number of hydrogen-bond donors (Lipinski definition) is 2. The van der Waals surface area contributed by atoms with Crippen molar-refractivity contribution >= 4 is 0 Å². The molecular formula is C24H42F2N6. The van der Waals surface area contributed by atoms with Crippen LogP contribution in [0.25, 0.3) is 0 Å². The highest BCUT2D eigenvalue weighted by Gasteiger charge is 2.27. The molecule has 8 heteroatoms. The van der Waals surface area contributed by atoms with Crippen LogP contribution in [0.4, 0.5) is 8.78 Å². The van der Waals surface area contributed by atoms with Gasteiger partial charge in [0.1, 0.15) is 0 Å². The summed E-state index contributed by atoms with van der Waals surface area (Å²) in [5.41, 5.74) is 3.31. The quantitative estimate of drug-likeness (QED) is 0.444. The van der Waals surface area contributed by atoms with E-state index in [9.17, 15) is 8.78 Å². The number of halogens is 2. The second kappa shape index (κ2) is 15.6. The molecule has 0 unspecified atom stereocenters. The highest BCUT2D eigenvalue weighted by Crippen LogP contribution is 2.36. The molecule has 0 atom stereocenters. The van der Waals surface area contributed by atoms with E-state index in [1.165, 1.54) is 25.7 Å². The van der Waals surface area contributed by atoms with Gasteiger partial charge in [-0.15, -0.1) is 0 Å². The summed E-state index contributed by atoms with van der Waals surface area (Å²) < 4.78 is 30.0. The molecule has 2 fully saturated rings. The van der Waals surface area contributed by atoms with E-state index in [-0.39, 0.29) is 12.3 Å². The molecule has 0 aliphatic heterocycles. The van der Waals surface area contributed by atoms with E-state index >= 15 is 0 Å². The molecule has 32 heavy (non-hydrogen) atoms. The van der Waals surface area contributed by atoms with Crippen LogP contribution in [0, 0.1) is 70.7 Å². The molecule has 6 N–H and O–H groups in total. The van der Waals surface area contributed by atoms with Crippen molar-refractivity contribution in [3.8, 4) is 0 Å². The van der Waals surface area contributed by atoms with Crippen LogP contribution in [0.2, 0.25) is 0 Å². The minimum atomic E-state index is -0.550. The van der Waals surface area contributed by atoms with Crippen molar-refractivity contribution in [3.05, 3.63) is 33.9 Å². The van der Waals surface area contributed by atoms with Crippen molar-refractivity contribution < 1.29 is 8.78 Å². The average molecular weight is 453 g/mol. The lowest BCUT2D eigenvalue weighted by molar-refractivity contribution is 0.283. The van der Waals surface area contributed by atoms with Crippen LogP contribution in [0.15, 0.2) is 0 Å². The van der Waals surface area contributed by atoms with Crippen molar-refractivity contribution in [2.24, 2.45) is 23.7 Å². The van der Waals surface area contributed by atoms with E-state index in [4.69, 9.17) is 21.6 Å². The second-order valence-corrected chi connectivity index (χ2v) is 9.50. The summed E-state index contributed by atoms with van der Waals surface area (Å²) in [4.78, 5) is 0. The minimum Gasteiger partial charge on any atom is -0.344 e. The summed E-state index contributed by atoms with van der Waals surface area (Å²) >= 11 is 0. The zero-order chi connectivity index (χ0) is 22.8. The molecule has 6 nitrogen and oxygen atoms in total. The zero-order valence-electron chi connectivity index (χ0n) is 20.3. The summed E-state index contributed by atoms with van der Waals surface area (Å²) in [6, 6.07) is 0. The maximum atomic E-state index is 15.0. The number of hydrogen-bond acceptors (Lipinski definition) is 6. The van der Waals surface area contributed by atoms with Crippen LogP contribution in [0.3, 0.4) is 0 Å². The number of nitrogens with zero attached hydrogens (tertiary/aromatic N) is 4. The normalized spacial score (nSPS) is 24.3. The lowest BCUT2D eigenvalue weighted by Crippen LogP contribution is -2.19. The van der Waals surface area contributed by atoms with E-state index < -0.39 is 11.6 Å². The molecule has 2 aliphatic carbocycles. The standard InChI is InChI=1S/C24H36F2.2N2.2H3N/c1-15-5-9-19(10-6-15)13-21-17(3)18(4)22(24(26)23(21)25)14-20-11-7-16(2)8-12-20;2*1-2;;/h15-16,19-20H,5-14H2,1-4H3;;;2*1H3. The molecule has 2 saturated carbocycles. The summed E-state index contributed by atoms with van der Waals surface area (Å²) in [6.07, 6.45) is 11.0. The lowest BCUT2D eigenvalue weighted by atomic mass is 9.77. The van der Waals surface area contributed by atoms with Crippen LogP contribution in [-0.2, 0) is 12.8 Å². The molecule has 182 valence electrons. The van der Waals surface area contributed by atoms with Crippen molar-refractivity contribution in [1.82, 2.24) is 12.3 Å². The predicted octanol–water partition coefficient (Wildman–Crippen LogP) is 7.70. The summed E-state index contributed by atoms with van der Waals surface area (Å²) in [6.45, 7) is 8.61. The molecule has 2 aliphatic rings. The largest absolute Gasteiger partial charge is 0.344 e. The SMILES string of the molecule is Cc1c(C)c(CC2CCC(C)CC2)c(F)c(F)c1CC1CCC(C)CC1.N.N.N#N.N#N. The Balaban J connectivity index is 0. The van der Waals surface area contributed by atoms with Crippen molar-refractivity contribution in [2.45, 2.75) is 91.9 Å². The first-order valence-electron chi connectivity index (χ1n) is 11.2. The van der Waals surface area contributed by atoms with Crippen LogP contribution >= 0.6 is 0 Å². The van der Waals surface area contributed by atoms with Crippen molar-refractivity contribution in [2.75, 3.05) is 0 Å². The average Bonchev–Trinajstić information content (AvgIpc) is 2.78. The first-order valence-corrected chi connectivity index (χ1v) is 11.2. The highest BCUT2D eigenvalue weighted by atomic mass is 19.2. The van der Waals surface area contributed by atoms with Gasteiger partial charge in [-0.25, -0.2) is 8.78 Å². The fourth-order valence-corrected chi connectivity index (χ4v) is 5.18. The topological polar surface area (TPSA) is 165 Å². The van der Waals surface area contributed by atoms with Gasteiger partial charge < -0.3 is 12.3 Å². The van der Waals surface area contributed by atoms with E-state index in [0.29, 0.717) is 35.8 Å². The molecule has 0 spiro atoms. The Hall–Kier alpha value is -2.16. The van der Waals surface area contributed by atoms with Crippen LogP contribution in [-0.4, -0.2) is 0 Å². The number of rotatable bonds is 4. The van der Waals surface area contributed by atoms with Gasteiger partial charge in [-0.05, 0) is 98.3 Å². The van der Waals surface area contributed by atoms with Gasteiger partial charge in [0.2, 0.25) is 0 Å². The van der Waals surface area contributed by atoms with Gasteiger partial charge in [-0.3, -0.25) is 0 Å². The van der Waals surface area contributed by atoms with Gasteiger partial charge in [0, 0.05) is 21.6 Å². The van der Waals surface area contributed by atoms with E-state index in [1.807, 2.05) is 13.8 Å². The Kier molecular flexibility index (Phi) is 15.6. The first kappa shape index (κ1) is 32.0. The smallest absolute Gasteiger partial charge is 0.162 e. The van der Waals surface area contributed by atoms with Crippen molar-refractivity contribution in [1.29, 1.82) is 21.6 Å². The fraction of sp³-hybridized carbons (Fsp3) is 0.750. The first-order chi connectivity index (χ1) is 14.4. The lowest BCUT2D eigenvalue weighted by Gasteiger charge is -2.29. The fourth-order valence-electron chi connectivity index (χ4n) is 5.18. The molecule has 0 heterocycles. The van der Waals surface area contributed by atoms with Crippen molar-refractivity contribution in [3.63, 3.8) is 0 Å². The molecule has 0 bridgehead atoms. The Labute approximate surface area is 192 Å². The second-order valence-electron chi connectivity index (χ2n) is 9.50. The maximum absolute atomic E-state index is 15.0.